The zero-order valence-corrected chi connectivity index (χ0v) is 15.6. The van der Waals surface area contributed by atoms with Gasteiger partial charge in [0.1, 0.15) is 11.6 Å². The molecule has 0 spiro atoms. The molecular weight excluding hydrogens is 373 g/mol. The van der Waals surface area contributed by atoms with Gasteiger partial charge in [-0.05, 0) is 48.9 Å². The van der Waals surface area contributed by atoms with E-state index in [0.717, 1.165) is 11.1 Å². The van der Waals surface area contributed by atoms with Gasteiger partial charge >= 0.3 is 0 Å². The Morgan fingerprint density at radius 1 is 1.00 bits per heavy atom. The van der Waals surface area contributed by atoms with Gasteiger partial charge in [-0.15, -0.1) is 0 Å². The predicted molar refractivity (Wildman–Crippen MR) is 107 cm³/mol. The van der Waals surface area contributed by atoms with Gasteiger partial charge in [0.25, 0.3) is 0 Å². The summed E-state index contributed by atoms with van der Waals surface area (Å²) in [6, 6.07) is 12.9. The molecule has 29 heavy (non-hydrogen) atoms. The van der Waals surface area contributed by atoms with E-state index >= 15 is 0 Å². The van der Waals surface area contributed by atoms with Gasteiger partial charge < -0.3 is 15.2 Å². The number of hydrogen-bond acceptors (Lipinski definition) is 7. The van der Waals surface area contributed by atoms with Crippen LogP contribution in [0.5, 0.6) is 11.6 Å². The summed E-state index contributed by atoms with van der Waals surface area (Å²) in [5.74, 6) is 0.566. The highest BCUT2D eigenvalue weighted by molar-refractivity contribution is 5.79. The molecule has 0 saturated carbocycles. The molecule has 8 heteroatoms. The highest BCUT2D eigenvalue weighted by atomic mass is 19.1. The lowest BCUT2D eigenvalue weighted by molar-refractivity contribution is 0.330. The maximum Gasteiger partial charge on any atom is 0.247 e. The standard InChI is InChI=1S/C21H18FN5O2/c1-2-29-20-18-19(23-12-17(25-18)14-5-9-16(28)10-6-14)26-21(27-20)24-11-13-3-7-15(22)8-4-13/h3-10,12,28H,2,11H2,1H3,(H,23,24,26,27). The number of phenolic OH excluding ortho intramolecular Hbond substituents is 1. The number of ether oxygens (including phenoxy) is 1. The fourth-order valence-electron chi connectivity index (χ4n) is 2.75. The molecule has 0 fully saturated rings. The average molecular weight is 391 g/mol. The minimum Gasteiger partial charge on any atom is -0.508 e. The third-order valence-electron chi connectivity index (χ3n) is 4.18. The Balaban J connectivity index is 1.66. The van der Waals surface area contributed by atoms with Crippen molar-refractivity contribution >= 4 is 17.1 Å². The van der Waals surface area contributed by atoms with Gasteiger partial charge in [-0.25, -0.2) is 14.4 Å². The third-order valence-corrected chi connectivity index (χ3v) is 4.18. The molecule has 0 saturated heterocycles. The maximum atomic E-state index is 13.0. The van der Waals surface area contributed by atoms with Gasteiger partial charge in [-0.2, -0.15) is 9.97 Å². The van der Waals surface area contributed by atoms with Crippen LogP contribution in [-0.4, -0.2) is 31.6 Å². The van der Waals surface area contributed by atoms with E-state index in [-0.39, 0.29) is 11.6 Å². The van der Waals surface area contributed by atoms with Crippen molar-refractivity contribution in [1.29, 1.82) is 0 Å². The first-order valence-corrected chi connectivity index (χ1v) is 9.07. The molecule has 0 unspecified atom stereocenters. The number of halogens is 1. The number of phenols is 1. The number of rotatable bonds is 6. The molecule has 0 aliphatic carbocycles. The van der Waals surface area contributed by atoms with E-state index in [2.05, 4.69) is 25.3 Å². The van der Waals surface area contributed by atoms with Crippen molar-refractivity contribution in [3.8, 4) is 22.9 Å². The van der Waals surface area contributed by atoms with Crippen LogP contribution in [0.25, 0.3) is 22.4 Å². The van der Waals surface area contributed by atoms with E-state index in [1.807, 2.05) is 6.92 Å². The van der Waals surface area contributed by atoms with Crippen LogP contribution < -0.4 is 10.1 Å². The molecule has 2 aromatic carbocycles. The summed E-state index contributed by atoms with van der Waals surface area (Å²) in [5.41, 5.74) is 3.16. The second-order valence-electron chi connectivity index (χ2n) is 6.24. The minimum absolute atomic E-state index is 0.178. The first-order chi connectivity index (χ1) is 14.1. The molecule has 0 radical (unpaired) electrons. The van der Waals surface area contributed by atoms with E-state index in [1.165, 1.54) is 12.1 Å². The van der Waals surface area contributed by atoms with Crippen molar-refractivity contribution in [2.45, 2.75) is 13.5 Å². The quantitative estimate of drug-likeness (QED) is 0.514. The van der Waals surface area contributed by atoms with E-state index in [1.54, 1.807) is 42.6 Å². The molecule has 0 amide bonds. The highest BCUT2D eigenvalue weighted by Gasteiger charge is 2.13. The molecule has 0 aliphatic heterocycles. The molecule has 0 aliphatic rings. The monoisotopic (exact) mass is 391 g/mol. The van der Waals surface area contributed by atoms with Crippen molar-refractivity contribution in [2.75, 3.05) is 11.9 Å². The number of aromatic nitrogens is 4. The number of aromatic hydroxyl groups is 1. The molecule has 7 nitrogen and oxygen atoms in total. The van der Waals surface area contributed by atoms with Gasteiger partial charge in [0.15, 0.2) is 11.2 Å². The molecule has 2 aromatic heterocycles. The van der Waals surface area contributed by atoms with Gasteiger partial charge in [0.2, 0.25) is 11.8 Å². The third kappa shape index (κ3) is 4.21. The first kappa shape index (κ1) is 18.5. The smallest absolute Gasteiger partial charge is 0.247 e. The van der Waals surface area contributed by atoms with Crippen LogP contribution >= 0.6 is 0 Å². The minimum atomic E-state index is -0.283. The second-order valence-corrected chi connectivity index (χ2v) is 6.24. The lowest BCUT2D eigenvalue weighted by atomic mass is 10.1. The highest BCUT2D eigenvalue weighted by Crippen LogP contribution is 2.26. The Morgan fingerprint density at radius 3 is 2.48 bits per heavy atom. The molecule has 2 heterocycles. The summed E-state index contributed by atoms with van der Waals surface area (Å²) in [5, 5.41) is 12.6. The largest absolute Gasteiger partial charge is 0.508 e. The van der Waals surface area contributed by atoms with Crippen LogP contribution in [0.15, 0.2) is 54.7 Å². The van der Waals surface area contributed by atoms with Crippen LogP contribution in [0.4, 0.5) is 10.3 Å². The molecule has 0 atom stereocenters. The summed E-state index contributed by atoms with van der Waals surface area (Å²) in [6.07, 6.45) is 1.61. The summed E-state index contributed by atoms with van der Waals surface area (Å²) >= 11 is 0. The molecule has 4 aromatic rings. The number of hydrogen-bond donors (Lipinski definition) is 2. The SMILES string of the molecule is CCOc1nc(NCc2ccc(F)cc2)nc2ncc(-c3ccc(O)cc3)nc12. The Morgan fingerprint density at radius 2 is 1.76 bits per heavy atom. The molecule has 0 bridgehead atoms. The predicted octanol–water partition coefficient (Wildman–Crippen LogP) is 3.94. The van der Waals surface area contributed by atoms with Crippen molar-refractivity contribution in [3.05, 3.63) is 66.1 Å². The zero-order valence-electron chi connectivity index (χ0n) is 15.6. The Kier molecular flexibility index (Phi) is 5.15. The van der Waals surface area contributed by atoms with Gasteiger partial charge in [-0.1, -0.05) is 12.1 Å². The van der Waals surface area contributed by atoms with Crippen LogP contribution in [0.3, 0.4) is 0 Å². The van der Waals surface area contributed by atoms with Crippen LogP contribution in [-0.2, 0) is 6.54 Å². The average Bonchev–Trinajstić information content (AvgIpc) is 2.74. The zero-order chi connectivity index (χ0) is 20.2. The van der Waals surface area contributed by atoms with Crippen LogP contribution in [0.2, 0.25) is 0 Å². The number of fused-ring (bicyclic) bond motifs is 1. The van der Waals surface area contributed by atoms with Crippen LogP contribution in [0, 0.1) is 5.82 Å². The van der Waals surface area contributed by atoms with E-state index in [0.29, 0.717) is 41.8 Å². The Bertz CT molecular complexity index is 1130. The van der Waals surface area contributed by atoms with E-state index in [4.69, 9.17) is 4.74 Å². The first-order valence-electron chi connectivity index (χ1n) is 9.07. The lowest BCUT2D eigenvalue weighted by Crippen LogP contribution is -2.07. The molecule has 4 rings (SSSR count). The van der Waals surface area contributed by atoms with E-state index in [9.17, 15) is 9.50 Å². The molecule has 2 N–H and O–H groups in total. The van der Waals surface area contributed by atoms with Gasteiger partial charge in [-0.3, -0.25) is 0 Å². The fourth-order valence-corrected chi connectivity index (χ4v) is 2.75. The summed E-state index contributed by atoms with van der Waals surface area (Å²) in [6.45, 7) is 2.70. The number of nitrogens with one attached hydrogen (secondary N) is 1. The van der Waals surface area contributed by atoms with Crippen molar-refractivity contribution in [2.24, 2.45) is 0 Å². The summed E-state index contributed by atoms with van der Waals surface area (Å²) in [4.78, 5) is 17.8. The summed E-state index contributed by atoms with van der Waals surface area (Å²) in [7, 11) is 0. The second kappa shape index (κ2) is 8.05. The van der Waals surface area contributed by atoms with Crippen molar-refractivity contribution in [3.63, 3.8) is 0 Å². The topological polar surface area (TPSA) is 93.0 Å². The van der Waals surface area contributed by atoms with Crippen molar-refractivity contribution < 1.29 is 14.2 Å². The number of nitrogens with zero attached hydrogens (tertiary/aromatic N) is 4. The normalized spacial score (nSPS) is 10.8. The number of benzene rings is 2. The van der Waals surface area contributed by atoms with Gasteiger partial charge in [0, 0.05) is 12.1 Å². The van der Waals surface area contributed by atoms with E-state index < -0.39 is 0 Å². The van der Waals surface area contributed by atoms with Crippen LogP contribution in [0.1, 0.15) is 12.5 Å². The Labute approximate surface area is 166 Å². The fraction of sp³-hybridized carbons (Fsp3) is 0.143. The number of anilines is 1. The Hall–Kier alpha value is -3.81. The molecule has 146 valence electrons. The molecular formula is C21H18FN5O2. The van der Waals surface area contributed by atoms with Crippen molar-refractivity contribution in [1.82, 2.24) is 19.9 Å². The lowest BCUT2D eigenvalue weighted by Gasteiger charge is -2.10. The van der Waals surface area contributed by atoms with Gasteiger partial charge in [0.05, 0.1) is 18.5 Å². The maximum absolute atomic E-state index is 13.0. The summed E-state index contributed by atoms with van der Waals surface area (Å²) < 4.78 is 18.7.